The molecule has 1 aliphatic carbocycles. The molecule has 0 amide bonds. The molecule has 1 saturated heterocycles. The average molecular weight is 391 g/mol. The molecule has 1 aromatic heterocycles. The zero-order valence-electron chi connectivity index (χ0n) is 15.9. The Balaban J connectivity index is 1.83. The summed E-state index contributed by atoms with van der Waals surface area (Å²) in [6.07, 6.45) is 6.09. The van der Waals surface area contributed by atoms with Gasteiger partial charge in [0.2, 0.25) is 0 Å². The predicted molar refractivity (Wildman–Crippen MR) is 101 cm³/mol. The highest BCUT2D eigenvalue weighted by atomic mass is 16.6. The number of carbonyl (C=O) groups excluding carboxylic acids is 1. The summed E-state index contributed by atoms with van der Waals surface area (Å²) < 4.78 is 13.3. The van der Waals surface area contributed by atoms with Gasteiger partial charge in [0.1, 0.15) is 6.04 Å². The summed E-state index contributed by atoms with van der Waals surface area (Å²) in [5.74, 6) is -0.476. The summed E-state index contributed by atoms with van der Waals surface area (Å²) in [5.41, 5.74) is -2.51. The minimum Gasteiger partial charge on any atom is -0.464 e. The van der Waals surface area contributed by atoms with Crippen LogP contribution in [0.2, 0.25) is 0 Å². The van der Waals surface area contributed by atoms with Crippen molar-refractivity contribution in [2.24, 2.45) is 5.92 Å². The molecule has 0 spiro atoms. The molecule has 0 N–H and O–H groups in total. The first-order valence-electron chi connectivity index (χ1n) is 9.39. The zero-order valence-corrected chi connectivity index (χ0v) is 15.9. The lowest BCUT2D eigenvalue weighted by Gasteiger charge is -2.21. The topological polar surface area (TPSA) is 105 Å². The van der Waals surface area contributed by atoms with Crippen LogP contribution < -0.4 is 17.1 Å². The number of carbonyl (C=O) groups is 1. The summed E-state index contributed by atoms with van der Waals surface area (Å²) >= 11 is 0. The lowest BCUT2D eigenvalue weighted by Crippen LogP contribution is -2.56. The lowest BCUT2D eigenvalue weighted by molar-refractivity contribution is -0.149. The molecular weight excluding hydrogens is 366 g/mol. The van der Waals surface area contributed by atoms with Crippen LogP contribution in [0.4, 0.5) is 0 Å². The maximum atomic E-state index is 12.7. The van der Waals surface area contributed by atoms with E-state index in [0.29, 0.717) is 6.10 Å². The number of ether oxygens (including phenoxy) is 2. The largest absolute Gasteiger partial charge is 0.464 e. The third-order valence-electron chi connectivity index (χ3n) is 5.26. The van der Waals surface area contributed by atoms with Gasteiger partial charge in [-0.15, -0.1) is 13.2 Å². The van der Waals surface area contributed by atoms with Crippen LogP contribution in [-0.4, -0.2) is 38.5 Å². The molecule has 0 aromatic carbocycles. The number of epoxide rings is 1. The SMILES string of the molecule is C=CCn1c(=O)n(CC=C)c(=O)n(C(C)C(=O)OCC2CCC3OC3C2)c1=O. The first-order valence-corrected chi connectivity index (χ1v) is 9.39. The van der Waals surface area contributed by atoms with Crippen molar-refractivity contribution in [1.29, 1.82) is 0 Å². The maximum absolute atomic E-state index is 12.7. The van der Waals surface area contributed by atoms with Gasteiger partial charge in [0.15, 0.2) is 0 Å². The molecular formula is C19H25N3O6. The van der Waals surface area contributed by atoms with E-state index in [1.165, 1.54) is 19.1 Å². The van der Waals surface area contributed by atoms with Crippen LogP contribution >= 0.6 is 0 Å². The third-order valence-corrected chi connectivity index (χ3v) is 5.26. The van der Waals surface area contributed by atoms with Gasteiger partial charge in [-0.05, 0) is 32.1 Å². The van der Waals surface area contributed by atoms with E-state index in [4.69, 9.17) is 9.47 Å². The Bertz CT molecular complexity index is 908. The summed E-state index contributed by atoms with van der Waals surface area (Å²) in [7, 11) is 0. The van der Waals surface area contributed by atoms with Gasteiger partial charge < -0.3 is 9.47 Å². The first-order chi connectivity index (χ1) is 13.4. The fraction of sp³-hybridized carbons (Fsp3) is 0.579. The van der Waals surface area contributed by atoms with Gasteiger partial charge in [0.25, 0.3) is 0 Å². The molecule has 152 valence electrons. The van der Waals surface area contributed by atoms with E-state index < -0.39 is 29.1 Å². The molecule has 1 aliphatic heterocycles. The molecule has 9 nitrogen and oxygen atoms in total. The number of fused-ring (bicyclic) bond motifs is 1. The molecule has 2 aliphatic rings. The Morgan fingerprint density at radius 2 is 1.71 bits per heavy atom. The zero-order chi connectivity index (χ0) is 20.4. The number of hydrogen-bond acceptors (Lipinski definition) is 6. The Kier molecular flexibility index (Phi) is 5.83. The summed E-state index contributed by atoms with van der Waals surface area (Å²) in [6.45, 7) is 8.50. The van der Waals surface area contributed by atoms with Crippen LogP contribution in [0.5, 0.6) is 0 Å². The summed E-state index contributed by atoms with van der Waals surface area (Å²) in [4.78, 5) is 50.3. The van der Waals surface area contributed by atoms with Crippen LogP contribution in [0.1, 0.15) is 32.2 Å². The van der Waals surface area contributed by atoms with Crippen LogP contribution in [-0.2, 0) is 27.4 Å². The van der Waals surface area contributed by atoms with Gasteiger partial charge in [0.05, 0.1) is 31.9 Å². The molecule has 4 atom stereocenters. The van der Waals surface area contributed by atoms with E-state index in [0.717, 1.165) is 33.0 Å². The summed E-state index contributed by atoms with van der Waals surface area (Å²) in [5, 5.41) is 0. The van der Waals surface area contributed by atoms with Crippen molar-refractivity contribution in [2.45, 2.75) is 57.5 Å². The van der Waals surface area contributed by atoms with Gasteiger partial charge >= 0.3 is 23.0 Å². The molecule has 2 fully saturated rings. The van der Waals surface area contributed by atoms with E-state index in [-0.39, 0.29) is 31.7 Å². The molecule has 0 bridgehead atoms. The lowest BCUT2D eigenvalue weighted by atomic mass is 9.90. The van der Waals surface area contributed by atoms with Crippen molar-refractivity contribution in [3.8, 4) is 0 Å². The monoisotopic (exact) mass is 391 g/mol. The molecule has 1 aromatic rings. The second kappa shape index (κ2) is 8.14. The first kappa shape index (κ1) is 20.1. The molecule has 9 heteroatoms. The molecule has 2 heterocycles. The highest BCUT2D eigenvalue weighted by molar-refractivity contribution is 5.73. The highest BCUT2D eigenvalue weighted by Gasteiger charge is 2.44. The van der Waals surface area contributed by atoms with Crippen LogP contribution in [0.25, 0.3) is 0 Å². The average Bonchev–Trinajstić information content (AvgIpc) is 3.45. The van der Waals surface area contributed by atoms with Crippen molar-refractivity contribution in [2.75, 3.05) is 6.61 Å². The fourth-order valence-electron chi connectivity index (χ4n) is 3.62. The second-order valence-corrected chi connectivity index (χ2v) is 7.21. The Hall–Kier alpha value is -2.68. The number of nitrogens with zero attached hydrogens (tertiary/aromatic N) is 3. The molecule has 28 heavy (non-hydrogen) atoms. The minimum absolute atomic E-state index is 0.0819. The second-order valence-electron chi connectivity index (χ2n) is 7.21. The van der Waals surface area contributed by atoms with Crippen LogP contribution in [0.3, 0.4) is 0 Å². The van der Waals surface area contributed by atoms with Gasteiger partial charge in [-0.1, -0.05) is 12.2 Å². The number of rotatable bonds is 8. The minimum atomic E-state index is -1.17. The van der Waals surface area contributed by atoms with Crippen molar-refractivity contribution >= 4 is 5.97 Å². The smallest absolute Gasteiger partial charge is 0.337 e. The van der Waals surface area contributed by atoms with Crippen molar-refractivity contribution in [1.82, 2.24) is 13.7 Å². The van der Waals surface area contributed by atoms with Crippen molar-refractivity contribution in [3.63, 3.8) is 0 Å². The normalized spacial score (nSPS) is 24.1. The number of hydrogen-bond donors (Lipinski definition) is 0. The van der Waals surface area contributed by atoms with Gasteiger partial charge in [0, 0.05) is 0 Å². The Morgan fingerprint density at radius 1 is 1.11 bits per heavy atom. The van der Waals surface area contributed by atoms with Crippen molar-refractivity contribution < 1.29 is 14.3 Å². The molecule has 3 rings (SSSR count). The van der Waals surface area contributed by atoms with E-state index in [9.17, 15) is 19.2 Å². The van der Waals surface area contributed by atoms with Gasteiger partial charge in [-0.2, -0.15) is 0 Å². The molecule has 0 radical (unpaired) electrons. The summed E-state index contributed by atoms with van der Waals surface area (Å²) in [6, 6.07) is -1.17. The van der Waals surface area contributed by atoms with Gasteiger partial charge in [-0.3, -0.25) is 0 Å². The Morgan fingerprint density at radius 3 is 2.25 bits per heavy atom. The predicted octanol–water partition coefficient (Wildman–Crippen LogP) is 0.215. The number of esters is 1. The van der Waals surface area contributed by atoms with E-state index in [1.54, 1.807) is 0 Å². The fourth-order valence-corrected chi connectivity index (χ4v) is 3.62. The van der Waals surface area contributed by atoms with E-state index >= 15 is 0 Å². The number of allylic oxidation sites excluding steroid dienone is 2. The maximum Gasteiger partial charge on any atom is 0.337 e. The van der Waals surface area contributed by atoms with E-state index in [2.05, 4.69) is 13.2 Å². The van der Waals surface area contributed by atoms with Gasteiger partial charge in [-0.25, -0.2) is 32.9 Å². The number of aromatic nitrogens is 3. The third kappa shape index (κ3) is 3.80. The van der Waals surface area contributed by atoms with E-state index in [1.807, 2.05) is 0 Å². The molecule has 4 unspecified atom stereocenters. The van der Waals surface area contributed by atoms with Crippen LogP contribution in [0.15, 0.2) is 39.7 Å². The van der Waals surface area contributed by atoms with Crippen LogP contribution in [0, 0.1) is 5.92 Å². The molecule has 1 saturated carbocycles. The standard InChI is InChI=1S/C19H25N3O6/c1-4-8-20-17(24)21(9-5-2)19(26)22(18(20)25)12(3)16(23)27-11-13-6-7-14-15(10-13)28-14/h4-5,12-15H,1-2,6-11H2,3H3. The highest BCUT2D eigenvalue weighted by Crippen LogP contribution is 2.39. The Labute approximate surface area is 161 Å². The van der Waals surface area contributed by atoms with Crippen molar-refractivity contribution in [3.05, 3.63) is 56.8 Å². The quantitative estimate of drug-likeness (QED) is 0.357.